The molecule has 1 aliphatic heterocycles. The van der Waals surface area contributed by atoms with Crippen LogP contribution in [0.3, 0.4) is 0 Å². The van der Waals surface area contributed by atoms with Crippen molar-refractivity contribution in [2.75, 3.05) is 26.8 Å². The minimum atomic E-state index is -3.57. The third kappa shape index (κ3) is 4.69. The first kappa shape index (κ1) is 19.2. The normalized spacial score (nSPS) is 21.4. The fourth-order valence-electron chi connectivity index (χ4n) is 2.96. The molecule has 7 heteroatoms. The molecule has 0 radical (unpaired) electrons. The van der Waals surface area contributed by atoms with Crippen molar-refractivity contribution in [3.05, 3.63) is 23.8 Å². The SMILES string of the molecule is COCC1(CNS(=O)(=O)c2ccc(OC(C)C)c(C)c2)CCCN1. The van der Waals surface area contributed by atoms with Crippen molar-refractivity contribution in [3.8, 4) is 5.75 Å². The average Bonchev–Trinajstić information content (AvgIpc) is 2.96. The van der Waals surface area contributed by atoms with Crippen molar-refractivity contribution in [2.45, 2.75) is 50.2 Å². The molecule has 1 aromatic carbocycles. The smallest absolute Gasteiger partial charge is 0.240 e. The average molecular weight is 356 g/mol. The van der Waals surface area contributed by atoms with E-state index in [4.69, 9.17) is 9.47 Å². The molecule has 0 amide bonds. The summed E-state index contributed by atoms with van der Waals surface area (Å²) < 4.78 is 38.8. The van der Waals surface area contributed by atoms with E-state index in [0.29, 0.717) is 18.9 Å². The van der Waals surface area contributed by atoms with E-state index in [1.807, 2.05) is 20.8 Å². The van der Waals surface area contributed by atoms with Gasteiger partial charge in [-0.2, -0.15) is 0 Å². The number of nitrogens with one attached hydrogen (secondary N) is 2. The van der Waals surface area contributed by atoms with Gasteiger partial charge in [-0.3, -0.25) is 0 Å². The maximum atomic E-state index is 12.6. The summed E-state index contributed by atoms with van der Waals surface area (Å²) in [6.07, 6.45) is 1.96. The molecule has 1 aromatic rings. The lowest BCUT2D eigenvalue weighted by Gasteiger charge is -2.28. The van der Waals surface area contributed by atoms with Crippen LogP contribution in [0.4, 0.5) is 0 Å². The van der Waals surface area contributed by atoms with Crippen LogP contribution in [0.15, 0.2) is 23.1 Å². The number of benzene rings is 1. The summed E-state index contributed by atoms with van der Waals surface area (Å²) in [6, 6.07) is 4.94. The standard InChI is InChI=1S/C17H28N2O4S/c1-13(2)23-16-7-6-15(10-14(16)3)24(20,21)19-11-17(12-22-4)8-5-9-18-17/h6-7,10,13,18-19H,5,8-9,11-12H2,1-4H3. The fraction of sp³-hybridized carbons (Fsp3) is 0.647. The van der Waals surface area contributed by atoms with E-state index < -0.39 is 10.0 Å². The van der Waals surface area contributed by atoms with Gasteiger partial charge in [0, 0.05) is 13.7 Å². The first-order valence-electron chi connectivity index (χ1n) is 8.29. The summed E-state index contributed by atoms with van der Waals surface area (Å²) in [7, 11) is -1.94. The summed E-state index contributed by atoms with van der Waals surface area (Å²) in [5.41, 5.74) is 0.481. The van der Waals surface area contributed by atoms with E-state index >= 15 is 0 Å². The fourth-order valence-corrected chi connectivity index (χ4v) is 4.17. The minimum absolute atomic E-state index is 0.0478. The molecule has 0 saturated carbocycles. The molecule has 0 spiro atoms. The highest BCUT2D eigenvalue weighted by molar-refractivity contribution is 7.89. The van der Waals surface area contributed by atoms with Crippen molar-refractivity contribution in [1.82, 2.24) is 10.0 Å². The molecule has 1 atom stereocenters. The maximum absolute atomic E-state index is 12.6. The molecule has 136 valence electrons. The monoisotopic (exact) mass is 356 g/mol. The molecule has 1 saturated heterocycles. The summed E-state index contributed by atoms with van der Waals surface area (Å²) in [6.45, 7) is 7.40. The van der Waals surface area contributed by atoms with Crippen LogP contribution in [-0.2, 0) is 14.8 Å². The molecule has 0 aromatic heterocycles. The van der Waals surface area contributed by atoms with Gasteiger partial charge in [-0.05, 0) is 63.9 Å². The molecule has 6 nitrogen and oxygen atoms in total. The van der Waals surface area contributed by atoms with Crippen molar-refractivity contribution in [3.63, 3.8) is 0 Å². The molecule has 1 aliphatic rings. The lowest BCUT2D eigenvalue weighted by Crippen LogP contribution is -2.52. The van der Waals surface area contributed by atoms with E-state index in [-0.39, 0.29) is 16.5 Å². The number of sulfonamides is 1. The third-order valence-corrected chi connectivity index (χ3v) is 5.57. The van der Waals surface area contributed by atoms with Crippen molar-refractivity contribution >= 4 is 10.0 Å². The maximum Gasteiger partial charge on any atom is 0.240 e. The number of hydrogen-bond donors (Lipinski definition) is 2. The Morgan fingerprint density at radius 3 is 2.67 bits per heavy atom. The zero-order chi connectivity index (χ0) is 17.8. The van der Waals surface area contributed by atoms with Crippen molar-refractivity contribution in [2.24, 2.45) is 0 Å². The first-order chi connectivity index (χ1) is 11.3. The molecule has 1 heterocycles. The lowest BCUT2D eigenvalue weighted by atomic mass is 9.99. The number of hydrogen-bond acceptors (Lipinski definition) is 5. The Labute approximate surface area is 145 Å². The second-order valence-electron chi connectivity index (χ2n) is 6.66. The van der Waals surface area contributed by atoms with Crippen LogP contribution < -0.4 is 14.8 Å². The summed E-state index contributed by atoms with van der Waals surface area (Å²) in [4.78, 5) is 0.252. The van der Waals surface area contributed by atoms with Crippen LogP contribution in [0.1, 0.15) is 32.3 Å². The number of rotatable bonds is 8. The molecule has 1 fully saturated rings. The molecular formula is C17H28N2O4S. The first-order valence-corrected chi connectivity index (χ1v) is 9.77. The van der Waals surface area contributed by atoms with Gasteiger partial charge < -0.3 is 14.8 Å². The predicted molar refractivity (Wildman–Crippen MR) is 94.0 cm³/mol. The Kier molecular flexibility index (Phi) is 6.25. The van der Waals surface area contributed by atoms with Crippen LogP contribution in [0.2, 0.25) is 0 Å². The Hall–Kier alpha value is -1.15. The van der Waals surface area contributed by atoms with Gasteiger partial charge in [-0.25, -0.2) is 13.1 Å². The Morgan fingerprint density at radius 2 is 2.12 bits per heavy atom. The molecule has 0 bridgehead atoms. The van der Waals surface area contributed by atoms with E-state index in [1.165, 1.54) is 0 Å². The summed E-state index contributed by atoms with van der Waals surface area (Å²) in [5, 5.41) is 3.37. The van der Waals surface area contributed by atoms with Crippen LogP contribution >= 0.6 is 0 Å². The molecular weight excluding hydrogens is 328 g/mol. The van der Waals surface area contributed by atoms with E-state index in [2.05, 4.69) is 10.0 Å². The van der Waals surface area contributed by atoms with Gasteiger partial charge in [-0.15, -0.1) is 0 Å². The number of methoxy groups -OCH3 is 1. The zero-order valence-electron chi connectivity index (χ0n) is 14.9. The second kappa shape index (κ2) is 7.82. The largest absolute Gasteiger partial charge is 0.491 e. The predicted octanol–water partition coefficient (Wildman–Crippen LogP) is 1.83. The van der Waals surface area contributed by atoms with Gasteiger partial charge in [0.2, 0.25) is 10.0 Å². The van der Waals surface area contributed by atoms with Crippen molar-refractivity contribution in [1.29, 1.82) is 0 Å². The third-order valence-electron chi connectivity index (χ3n) is 4.17. The zero-order valence-corrected chi connectivity index (χ0v) is 15.7. The molecule has 24 heavy (non-hydrogen) atoms. The van der Waals surface area contributed by atoms with Gasteiger partial charge in [0.25, 0.3) is 0 Å². The van der Waals surface area contributed by atoms with E-state index in [9.17, 15) is 8.42 Å². The van der Waals surface area contributed by atoms with Gasteiger partial charge in [0.05, 0.1) is 23.1 Å². The van der Waals surface area contributed by atoms with Gasteiger partial charge >= 0.3 is 0 Å². The highest BCUT2D eigenvalue weighted by atomic mass is 32.2. The van der Waals surface area contributed by atoms with Crippen LogP contribution in [0.25, 0.3) is 0 Å². The number of ether oxygens (including phenoxy) is 2. The van der Waals surface area contributed by atoms with E-state index in [1.54, 1.807) is 25.3 Å². The van der Waals surface area contributed by atoms with Crippen LogP contribution in [0.5, 0.6) is 5.75 Å². The van der Waals surface area contributed by atoms with Crippen molar-refractivity contribution < 1.29 is 17.9 Å². The molecule has 1 unspecified atom stereocenters. The summed E-state index contributed by atoms with van der Waals surface area (Å²) in [5.74, 6) is 0.706. The summed E-state index contributed by atoms with van der Waals surface area (Å²) >= 11 is 0. The second-order valence-corrected chi connectivity index (χ2v) is 8.43. The van der Waals surface area contributed by atoms with Gasteiger partial charge in [-0.1, -0.05) is 0 Å². The highest BCUT2D eigenvalue weighted by Gasteiger charge is 2.34. The Balaban J connectivity index is 2.11. The topological polar surface area (TPSA) is 76.7 Å². The van der Waals surface area contributed by atoms with Gasteiger partial charge in [0.1, 0.15) is 5.75 Å². The molecule has 0 aliphatic carbocycles. The van der Waals surface area contributed by atoms with Crippen LogP contribution in [0, 0.1) is 6.92 Å². The molecule has 2 rings (SSSR count). The Morgan fingerprint density at radius 1 is 1.38 bits per heavy atom. The Bertz CT molecular complexity index is 653. The lowest BCUT2D eigenvalue weighted by molar-refractivity contribution is 0.122. The minimum Gasteiger partial charge on any atom is -0.491 e. The van der Waals surface area contributed by atoms with E-state index in [0.717, 1.165) is 24.9 Å². The molecule has 2 N–H and O–H groups in total. The van der Waals surface area contributed by atoms with Crippen LogP contribution in [-0.4, -0.2) is 46.9 Å². The number of aryl methyl sites for hydroxylation is 1. The van der Waals surface area contributed by atoms with Gasteiger partial charge in [0.15, 0.2) is 0 Å². The quantitative estimate of drug-likeness (QED) is 0.743. The highest BCUT2D eigenvalue weighted by Crippen LogP contribution is 2.24.